The first kappa shape index (κ1) is 25.5. The quantitative estimate of drug-likeness (QED) is 0.504. The van der Waals surface area contributed by atoms with Crippen LogP contribution in [0.25, 0.3) is 10.8 Å². The fraction of sp³-hybridized carbons (Fsp3) is 0.536. The largest absolute Gasteiger partial charge is 0.376 e. The Balaban J connectivity index is 1.16. The number of alkyl halides is 1. The first-order valence-electron chi connectivity index (χ1n) is 13.4. The number of nitrogens with zero attached hydrogens (tertiary/aromatic N) is 5. The molecule has 3 aromatic rings. The third kappa shape index (κ3) is 4.44. The highest BCUT2D eigenvalue weighted by molar-refractivity contribution is 6.34. The number of carbonyl (C=O) groups excluding carboxylic acids is 1. The molecule has 0 spiro atoms. The maximum Gasteiger partial charge on any atom is 0.229 e. The number of pyridine rings is 1. The van der Waals surface area contributed by atoms with Crippen LogP contribution in [0.1, 0.15) is 31.9 Å². The average Bonchev–Trinajstić information content (AvgIpc) is 3.33. The van der Waals surface area contributed by atoms with Crippen molar-refractivity contribution >= 4 is 39.8 Å². The van der Waals surface area contributed by atoms with Crippen molar-refractivity contribution in [3.63, 3.8) is 0 Å². The Kier molecular flexibility index (Phi) is 6.56. The Morgan fingerprint density at radius 1 is 1.24 bits per heavy atom. The minimum Gasteiger partial charge on any atom is -0.376 e. The number of aromatic nitrogens is 3. The smallest absolute Gasteiger partial charge is 0.229 e. The van der Waals surface area contributed by atoms with Crippen molar-refractivity contribution in [1.29, 1.82) is 0 Å². The van der Waals surface area contributed by atoms with Crippen LogP contribution in [-0.2, 0) is 16.6 Å². The van der Waals surface area contributed by atoms with Crippen LogP contribution in [0, 0.1) is 11.8 Å². The normalized spacial score (nSPS) is 29.7. The van der Waals surface area contributed by atoms with Gasteiger partial charge in [0.1, 0.15) is 12.0 Å². The summed E-state index contributed by atoms with van der Waals surface area (Å²) in [5.41, 5.74) is 1.35. The van der Waals surface area contributed by atoms with E-state index in [-0.39, 0.29) is 24.3 Å². The minimum absolute atomic E-state index is 0.0137. The van der Waals surface area contributed by atoms with E-state index in [1.54, 1.807) is 10.9 Å². The monoisotopic (exact) mass is 540 g/mol. The molecule has 10 heteroatoms. The molecule has 8 nitrogen and oxygen atoms in total. The molecule has 38 heavy (non-hydrogen) atoms. The number of fused-ring (bicyclic) bond motifs is 1. The zero-order chi connectivity index (χ0) is 26.6. The second-order valence-corrected chi connectivity index (χ2v) is 11.5. The molecule has 6 rings (SSSR count). The summed E-state index contributed by atoms with van der Waals surface area (Å²) < 4.78 is 21.7. The molecule has 4 heterocycles. The molecule has 2 aromatic heterocycles. The van der Waals surface area contributed by atoms with Gasteiger partial charge >= 0.3 is 0 Å². The van der Waals surface area contributed by atoms with Gasteiger partial charge in [0, 0.05) is 56.9 Å². The Bertz CT molecular complexity index is 1360. The van der Waals surface area contributed by atoms with Crippen molar-refractivity contribution in [1.82, 2.24) is 19.7 Å². The Labute approximate surface area is 227 Å². The molecule has 1 aliphatic carbocycles. The molecule has 1 saturated carbocycles. The van der Waals surface area contributed by atoms with Crippen LogP contribution in [0.5, 0.6) is 0 Å². The third-order valence-corrected chi connectivity index (χ3v) is 9.04. The molecule has 1 aromatic carbocycles. The van der Waals surface area contributed by atoms with Gasteiger partial charge in [0.15, 0.2) is 0 Å². The number of anilines is 2. The summed E-state index contributed by atoms with van der Waals surface area (Å²) in [7, 11) is 1.89. The molecule has 3 fully saturated rings. The van der Waals surface area contributed by atoms with E-state index in [2.05, 4.69) is 38.2 Å². The van der Waals surface area contributed by atoms with Crippen molar-refractivity contribution in [3.8, 4) is 0 Å². The predicted octanol–water partition coefficient (Wildman–Crippen LogP) is 4.25. The highest BCUT2D eigenvalue weighted by atomic mass is 35.5. The van der Waals surface area contributed by atoms with Gasteiger partial charge in [0.05, 0.1) is 41.1 Å². The number of rotatable bonds is 6. The highest BCUT2D eigenvalue weighted by Crippen LogP contribution is 2.55. The molecule has 1 N–H and O–H groups in total. The van der Waals surface area contributed by atoms with E-state index in [4.69, 9.17) is 16.3 Å². The second kappa shape index (κ2) is 9.77. The standard InChI is InChI=1S/C28H34ClFN6O2/c1-4-19-25(21-5-6-34(3)33-21)26(19)27(37)32-24-13-17-12-22(20(29)11-18(17)14-31-24)35-7-9-36(10-8-35)28(2)16-38-15-23(28)30/h5-6,11-14,19,23,25-26H,4,7-10,15-16H2,1-3H3,(H,31,32,37)/t19-,23-,25-,26+,28+/m1/s1. The van der Waals surface area contributed by atoms with Gasteiger partial charge in [-0.3, -0.25) is 14.4 Å². The number of aryl methyl sites for hydroxylation is 1. The molecule has 0 radical (unpaired) electrons. The van der Waals surface area contributed by atoms with E-state index in [1.165, 1.54) is 0 Å². The van der Waals surface area contributed by atoms with Crippen LogP contribution in [0.15, 0.2) is 36.7 Å². The summed E-state index contributed by atoms with van der Waals surface area (Å²) in [6.07, 6.45) is 3.63. The van der Waals surface area contributed by atoms with Crippen LogP contribution in [-0.4, -0.2) is 76.7 Å². The number of benzene rings is 1. The molecular weight excluding hydrogens is 507 g/mol. The summed E-state index contributed by atoms with van der Waals surface area (Å²) >= 11 is 6.69. The minimum atomic E-state index is -0.970. The van der Waals surface area contributed by atoms with E-state index in [0.717, 1.165) is 54.8 Å². The van der Waals surface area contributed by atoms with Crippen molar-refractivity contribution in [2.45, 2.75) is 37.9 Å². The Morgan fingerprint density at radius 2 is 2.03 bits per heavy atom. The fourth-order valence-corrected chi connectivity index (χ4v) is 6.61. The van der Waals surface area contributed by atoms with Crippen molar-refractivity contribution < 1.29 is 13.9 Å². The molecule has 5 atom stereocenters. The summed E-state index contributed by atoms with van der Waals surface area (Å²) in [6, 6.07) is 7.89. The number of hydrogen-bond acceptors (Lipinski definition) is 6. The van der Waals surface area contributed by atoms with Crippen LogP contribution in [0.3, 0.4) is 0 Å². The number of carbonyl (C=O) groups is 1. The average molecular weight is 541 g/mol. The maximum absolute atomic E-state index is 14.5. The lowest BCUT2D eigenvalue weighted by Crippen LogP contribution is -2.59. The number of nitrogens with one attached hydrogen (secondary N) is 1. The SMILES string of the molecule is CC[C@H]1[C@H](C(=O)Nc2cc3cc(N4CCN([C@@]5(C)COC[C@H]5F)CC4)c(Cl)cc3cn2)[C@H]1c1ccn(C)n1. The number of hydrogen-bond donors (Lipinski definition) is 1. The van der Waals surface area contributed by atoms with Gasteiger partial charge in [0.2, 0.25) is 5.91 Å². The van der Waals surface area contributed by atoms with Crippen LogP contribution >= 0.6 is 11.6 Å². The van der Waals surface area contributed by atoms with Crippen LogP contribution in [0.2, 0.25) is 5.02 Å². The highest BCUT2D eigenvalue weighted by Gasteiger charge is 2.55. The van der Waals surface area contributed by atoms with Gasteiger partial charge in [-0.25, -0.2) is 9.37 Å². The van der Waals surface area contributed by atoms with Gasteiger partial charge < -0.3 is 15.0 Å². The number of amides is 1. The van der Waals surface area contributed by atoms with Crippen LogP contribution in [0.4, 0.5) is 15.9 Å². The molecule has 1 amide bonds. The van der Waals surface area contributed by atoms with Gasteiger partial charge in [-0.1, -0.05) is 24.9 Å². The first-order chi connectivity index (χ1) is 18.3. The van der Waals surface area contributed by atoms with Gasteiger partial charge in [-0.2, -0.15) is 5.10 Å². The lowest BCUT2D eigenvalue weighted by atomic mass is 9.96. The van der Waals surface area contributed by atoms with E-state index in [1.807, 2.05) is 38.4 Å². The Morgan fingerprint density at radius 3 is 2.68 bits per heavy atom. The molecule has 2 saturated heterocycles. The zero-order valence-corrected chi connectivity index (χ0v) is 22.8. The number of ether oxygens (including phenoxy) is 1. The van der Waals surface area contributed by atoms with Gasteiger partial charge in [-0.15, -0.1) is 0 Å². The van der Waals surface area contributed by atoms with Gasteiger partial charge in [0.25, 0.3) is 0 Å². The lowest BCUT2D eigenvalue weighted by molar-refractivity contribution is -0.117. The number of piperazine rings is 1. The third-order valence-electron chi connectivity index (χ3n) is 8.73. The van der Waals surface area contributed by atoms with E-state index in [9.17, 15) is 9.18 Å². The number of halogens is 2. The van der Waals surface area contributed by atoms with Crippen molar-refractivity contribution in [3.05, 3.63) is 47.4 Å². The summed E-state index contributed by atoms with van der Waals surface area (Å²) in [4.78, 5) is 22.1. The molecular formula is C28H34ClFN6O2. The van der Waals surface area contributed by atoms with E-state index >= 15 is 0 Å². The van der Waals surface area contributed by atoms with Gasteiger partial charge in [-0.05, 0) is 42.5 Å². The second-order valence-electron chi connectivity index (χ2n) is 11.1. The molecule has 0 unspecified atom stereocenters. The van der Waals surface area contributed by atoms with Crippen molar-refractivity contribution in [2.24, 2.45) is 18.9 Å². The maximum atomic E-state index is 14.5. The van der Waals surface area contributed by atoms with E-state index in [0.29, 0.717) is 23.4 Å². The summed E-state index contributed by atoms with van der Waals surface area (Å²) in [6.45, 7) is 7.64. The lowest BCUT2D eigenvalue weighted by Gasteiger charge is -2.44. The Hall–Kier alpha value is -2.75. The predicted molar refractivity (Wildman–Crippen MR) is 147 cm³/mol. The zero-order valence-electron chi connectivity index (χ0n) is 22.0. The molecule has 2 aliphatic heterocycles. The summed E-state index contributed by atoms with van der Waals surface area (Å²) in [5, 5.41) is 10.1. The van der Waals surface area contributed by atoms with Crippen molar-refractivity contribution in [2.75, 3.05) is 49.6 Å². The molecule has 0 bridgehead atoms. The molecule has 3 aliphatic rings. The fourth-order valence-electron chi connectivity index (χ4n) is 6.31. The van der Waals surface area contributed by atoms with E-state index < -0.39 is 11.7 Å². The van der Waals surface area contributed by atoms with Crippen LogP contribution < -0.4 is 10.2 Å². The summed E-state index contributed by atoms with van der Waals surface area (Å²) in [5.74, 6) is 0.864. The first-order valence-corrected chi connectivity index (χ1v) is 13.8. The molecule has 202 valence electrons. The topological polar surface area (TPSA) is 75.5 Å².